The maximum Gasteiger partial charge on any atom is 0.337 e. The molecule has 0 aliphatic carbocycles. The molecule has 5 heteroatoms. The molecule has 0 aliphatic heterocycles. The molecule has 0 radical (unpaired) electrons. The van der Waals surface area contributed by atoms with E-state index in [9.17, 15) is 14.7 Å². The van der Waals surface area contributed by atoms with Crippen LogP contribution in [0.1, 0.15) is 26.3 Å². The Kier molecular flexibility index (Phi) is 3.79. The molecule has 0 spiro atoms. The van der Waals surface area contributed by atoms with Crippen molar-refractivity contribution in [1.29, 1.82) is 0 Å². The van der Waals surface area contributed by atoms with Crippen molar-refractivity contribution >= 4 is 17.6 Å². The van der Waals surface area contributed by atoms with E-state index >= 15 is 0 Å². The third-order valence-electron chi connectivity index (χ3n) is 2.96. The van der Waals surface area contributed by atoms with Crippen LogP contribution in [-0.4, -0.2) is 29.0 Å². The zero-order valence-electron chi connectivity index (χ0n) is 11.2. The van der Waals surface area contributed by atoms with E-state index in [1.165, 1.54) is 11.1 Å². The lowest BCUT2D eigenvalue weighted by molar-refractivity contribution is 0.0697. The highest BCUT2D eigenvalue weighted by Gasteiger charge is 2.19. The van der Waals surface area contributed by atoms with Crippen LogP contribution in [0.2, 0.25) is 0 Å². The van der Waals surface area contributed by atoms with Crippen molar-refractivity contribution in [3.63, 3.8) is 0 Å². The highest BCUT2D eigenvalue weighted by Crippen LogP contribution is 2.22. The summed E-state index contributed by atoms with van der Waals surface area (Å²) in [5.41, 5.74) is 1.70. The molecule has 2 rings (SSSR count). The fourth-order valence-corrected chi connectivity index (χ4v) is 1.91. The molecule has 0 aliphatic rings. The Hall–Kier alpha value is -2.69. The summed E-state index contributed by atoms with van der Waals surface area (Å²) in [6.07, 6.45) is 3.03. The van der Waals surface area contributed by atoms with Crippen LogP contribution in [-0.2, 0) is 0 Å². The van der Waals surface area contributed by atoms with E-state index in [1.807, 2.05) is 0 Å². The van der Waals surface area contributed by atoms with Crippen molar-refractivity contribution in [2.24, 2.45) is 0 Å². The minimum Gasteiger partial charge on any atom is -0.478 e. The number of amides is 1. The number of anilines is 1. The molecule has 20 heavy (non-hydrogen) atoms. The molecule has 0 saturated carbocycles. The van der Waals surface area contributed by atoms with Crippen molar-refractivity contribution in [2.45, 2.75) is 6.92 Å². The second-order valence-electron chi connectivity index (χ2n) is 4.43. The number of rotatable bonds is 3. The molecule has 0 unspecified atom stereocenters. The van der Waals surface area contributed by atoms with Gasteiger partial charge in [-0.3, -0.25) is 9.78 Å². The average Bonchev–Trinajstić information content (AvgIpc) is 2.46. The molecule has 1 heterocycles. The molecule has 1 aromatic carbocycles. The maximum atomic E-state index is 12.3. The number of aromatic carboxylic acids is 1. The fourth-order valence-electron chi connectivity index (χ4n) is 1.91. The van der Waals surface area contributed by atoms with Crippen LogP contribution in [0.3, 0.4) is 0 Å². The number of carbonyl (C=O) groups excluding carboxylic acids is 1. The second kappa shape index (κ2) is 5.52. The van der Waals surface area contributed by atoms with Gasteiger partial charge in [-0.1, -0.05) is 11.6 Å². The lowest BCUT2D eigenvalue weighted by Gasteiger charge is -2.19. The molecule has 1 aromatic heterocycles. The van der Waals surface area contributed by atoms with Gasteiger partial charge in [-0.15, -0.1) is 0 Å². The SMILES string of the molecule is Cc1ccc(N(C)C(=O)c2cccnc2)c(C(=O)O)c1. The minimum absolute atomic E-state index is 0.102. The van der Waals surface area contributed by atoms with Gasteiger partial charge in [-0.05, 0) is 31.2 Å². The highest BCUT2D eigenvalue weighted by atomic mass is 16.4. The Morgan fingerprint density at radius 1 is 1.25 bits per heavy atom. The Morgan fingerprint density at radius 2 is 2.00 bits per heavy atom. The maximum absolute atomic E-state index is 12.3. The molecule has 102 valence electrons. The van der Waals surface area contributed by atoms with Crippen molar-refractivity contribution in [2.75, 3.05) is 11.9 Å². The van der Waals surface area contributed by atoms with Gasteiger partial charge < -0.3 is 10.0 Å². The van der Waals surface area contributed by atoms with Crippen molar-refractivity contribution < 1.29 is 14.7 Å². The van der Waals surface area contributed by atoms with Gasteiger partial charge in [0, 0.05) is 19.4 Å². The normalized spacial score (nSPS) is 10.1. The number of carbonyl (C=O) groups is 2. The zero-order chi connectivity index (χ0) is 14.7. The quantitative estimate of drug-likeness (QED) is 0.929. The van der Waals surface area contributed by atoms with Crippen LogP contribution in [0.25, 0.3) is 0 Å². The van der Waals surface area contributed by atoms with Gasteiger partial charge in [0.25, 0.3) is 5.91 Å². The first-order valence-corrected chi connectivity index (χ1v) is 6.02. The van der Waals surface area contributed by atoms with E-state index in [2.05, 4.69) is 4.98 Å². The Balaban J connectivity index is 2.41. The van der Waals surface area contributed by atoms with Gasteiger partial charge in [0.2, 0.25) is 0 Å². The van der Waals surface area contributed by atoms with E-state index in [4.69, 9.17) is 0 Å². The standard InChI is InChI=1S/C15H14N2O3/c1-10-5-6-13(12(8-10)15(19)20)17(2)14(18)11-4-3-7-16-9-11/h3-9H,1-2H3,(H,19,20). The summed E-state index contributed by atoms with van der Waals surface area (Å²) in [5, 5.41) is 9.24. The molecular weight excluding hydrogens is 256 g/mol. The van der Waals surface area contributed by atoms with Gasteiger partial charge >= 0.3 is 5.97 Å². The number of hydrogen-bond donors (Lipinski definition) is 1. The number of aryl methyl sites for hydroxylation is 1. The van der Waals surface area contributed by atoms with Crippen molar-refractivity contribution in [3.05, 3.63) is 59.4 Å². The molecule has 0 saturated heterocycles. The lowest BCUT2D eigenvalue weighted by atomic mass is 10.1. The summed E-state index contributed by atoms with van der Waals surface area (Å²) < 4.78 is 0. The van der Waals surface area contributed by atoms with Gasteiger partial charge in [0.05, 0.1) is 16.8 Å². The molecular formula is C15H14N2O3. The highest BCUT2D eigenvalue weighted by molar-refractivity contribution is 6.08. The first-order valence-electron chi connectivity index (χ1n) is 6.02. The van der Waals surface area contributed by atoms with Gasteiger partial charge in [-0.25, -0.2) is 4.79 Å². The summed E-state index contributed by atoms with van der Waals surface area (Å²) in [7, 11) is 1.55. The summed E-state index contributed by atoms with van der Waals surface area (Å²) in [5.74, 6) is -1.36. The first kappa shape index (κ1) is 13.7. The summed E-state index contributed by atoms with van der Waals surface area (Å²) >= 11 is 0. The molecule has 0 fully saturated rings. The fraction of sp³-hybridized carbons (Fsp3) is 0.133. The Labute approximate surface area is 116 Å². The molecule has 0 bridgehead atoms. The molecule has 1 amide bonds. The van der Waals surface area contributed by atoms with Crippen LogP contribution in [0.15, 0.2) is 42.7 Å². The van der Waals surface area contributed by atoms with Crippen LogP contribution in [0, 0.1) is 6.92 Å². The third-order valence-corrected chi connectivity index (χ3v) is 2.96. The Bertz CT molecular complexity index is 653. The van der Waals surface area contributed by atoms with Crippen LogP contribution >= 0.6 is 0 Å². The number of aromatic nitrogens is 1. The number of hydrogen-bond acceptors (Lipinski definition) is 3. The first-order chi connectivity index (χ1) is 9.50. The predicted molar refractivity (Wildman–Crippen MR) is 75.1 cm³/mol. The molecule has 0 atom stereocenters. The molecule has 2 aromatic rings. The van der Waals surface area contributed by atoms with Gasteiger partial charge in [0.1, 0.15) is 0 Å². The van der Waals surface area contributed by atoms with Crippen molar-refractivity contribution in [1.82, 2.24) is 4.98 Å². The molecule has 5 nitrogen and oxygen atoms in total. The number of carboxylic acids is 1. The monoisotopic (exact) mass is 270 g/mol. The van der Waals surface area contributed by atoms with Gasteiger partial charge in [0.15, 0.2) is 0 Å². The van der Waals surface area contributed by atoms with E-state index in [-0.39, 0.29) is 11.5 Å². The summed E-state index contributed by atoms with van der Waals surface area (Å²) in [6.45, 7) is 1.80. The number of carboxylic acid groups (broad SMARTS) is 1. The number of nitrogens with zero attached hydrogens (tertiary/aromatic N) is 2. The van der Waals surface area contributed by atoms with E-state index in [0.29, 0.717) is 11.3 Å². The minimum atomic E-state index is -1.06. The largest absolute Gasteiger partial charge is 0.478 e. The predicted octanol–water partition coefficient (Wildman–Crippen LogP) is 2.36. The number of pyridine rings is 1. The van der Waals surface area contributed by atoms with E-state index in [0.717, 1.165) is 5.56 Å². The topological polar surface area (TPSA) is 70.5 Å². The number of benzene rings is 1. The van der Waals surface area contributed by atoms with Crippen LogP contribution in [0.5, 0.6) is 0 Å². The second-order valence-corrected chi connectivity index (χ2v) is 4.43. The van der Waals surface area contributed by atoms with Gasteiger partial charge in [-0.2, -0.15) is 0 Å². The zero-order valence-corrected chi connectivity index (χ0v) is 11.2. The van der Waals surface area contributed by atoms with E-state index < -0.39 is 5.97 Å². The average molecular weight is 270 g/mol. The van der Waals surface area contributed by atoms with Crippen molar-refractivity contribution in [3.8, 4) is 0 Å². The molecule has 1 N–H and O–H groups in total. The van der Waals surface area contributed by atoms with E-state index in [1.54, 1.807) is 50.5 Å². The smallest absolute Gasteiger partial charge is 0.337 e. The van der Waals surface area contributed by atoms with Crippen LogP contribution in [0.4, 0.5) is 5.69 Å². The third kappa shape index (κ3) is 2.66. The van der Waals surface area contributed by atoms with Crippen LogP contribution < -0.4 is 4.90 Å². The summed E-state index contributed by atoms with van der Waals surface area (Å²) in [4.78, 5) is 28.8. The Morgan fingerprint density at radius 3 is 2.60 bits per heavy atom. The summed E-state index contributed by atoms with van der Waals surface area (Å²) in [6, 6.07) is 8.25. The lowest BCUT2D eigenvalue weighted by Crippen LogP contribution is -2.28.